The Kier molecular flexibility index (Phi) is 5.27. The first-order valence-corrected chi connectivity index (χ1v) is 9.01. The number of anilines is 1. The van der Waals surface area contributed by atoms with E-state index in [2.05, 4.69) is 5.32 Å². The van der Waals surface area contributed by atoms with Gasteiger partial charge in [0, 0.05) is 30.5 Å². The Morgan fingerprint density at radius 2 is 1.96 bits per heavy atom. The zero-order valence-electron chi connectivity index (χ0n) is 14.3. The van der Waals surface area contributed by atoms with Crippen LogP contribution in [0.2, 0.25) is 0 Å². The lowest BCUT2D eigenvalue weighted by Crippen LogP contribution is -2.35. The molecule has 7 heteroatoms. The summed E-state index contributed by atoms with van der Waals surface area (Å²) in [5, 5.41) is 2.38. The summed E-state index contributed by atoms with van der Waals surface area (Å²) in [5.74, 6) is -0.803. The molecule has 1 atom stereocenters. The lowest BCUT2D eigenvalue weighted by atomic mass is 10.1. The van der Waals surface area contributed by atoms with Crippen LogP contribution < -0.4 is 11.1 Å². The number of primary amides is 1. The molecule has 0 aliphatic carbocycles. The Hall–Kier alpha value is -2.80. The molecule has 134 valence electrons. The summed E-state index contributed by atoms with van der Waals surface area (Å²) in [5.41, 5.74) is 7.28. The first-order valence-electron chi connectivity index (χ1n) is 8.13. The summed E-state index contributed by atoms with van der Waals surface area (Å²) in [6, 6.07) is 14.4. The minimum atomic E-state index is -0.505. The van der Waals surface area contributed by atoms with Crippen molar-refractivity contribution in [2.75, 3.05) is 12.4 Å². The molecule has 1 heterocycles. The van der Waals surface area contributed by atoms with Crippen molar-refractivity contribution in [1.29, 1.82) is 0 Å². The van der Waals surface area contributed by atoms with Gasteiger partial charge in [0.2, 0.25) is 17.7 Å². The number of hydrogen-bond donors (Lipinski definition) is 2. The molecule has 1 aliphatic rings. The van der Waals surface area contributed by atoms with Gasteiger partial charge in [-0.3, -0.25) is 14.4 Å². The molecule has 0 spiro atoms. The van der Waals surface area contributed by atoms with Crippen LogP contribution in [-0.4, -0.2) is 34.9 Å². The summed E-state index contributed by atoms with van der Waals surface area (Å²) in [4.78, 5) is 38.5. The monoisotopic (exact) mass is 369 g/mol. The van der Waals surface area contributed by atoms with Gasteiger partial charge in [-0.05, 0) is 29.8 Å². The molecule has 1 aliphatic heterocycles. The standard InChI is InChI=1S/C19H19N3O3S/c1-22(11-12-5-4-6-13(9-12)18(20)24)17(23)10-16-19(25)21-14-7-2-3-8-15(14)26-16/h2-9,16H,10-11H2,1H3,(H2,20,24)(H,21,25)/t16-/m1/s1. The van der Waals surface area contributed by atoms with Crippen LogP contribution in [-0.2, 0) is 16.1 Å². The second kappa shape index (κ2) is 7.61. The molecule has 6 nitrogen and oxygen atoms in total. The van der Waals surface area contributed by atoms with Crippen LogP contribution in [0.25, 0.3) is 0 Å². The molecule has 0 saturated heterocycles. The van der Waals surface area contributed by atoms with Crippen molar-refractivity contribution in [1.82, 2.24) is 4.90 Å². The fraction of sp³-hybridized carbons (Fsp3) is 0.211. The Bertz CT molecular complexity index is 869. The van der Waals surface area contributed by atoms with Crippen LogP contribution in [0.4, 0.5) is 5.69 Å². The van der Waals surface area contributed by atoms with Crippen LogP contribution in [0.15, 0.2) is 53.4 Å². The summed E-state index contributed by atoms with van der Waals surface area (Å²) in [6.45, 7) is 0.343. The first kappa shape index (κ1) is 18.0. The minimum Gasteiger partial charge on any atom is -0.366 e. The molecule has 0 bridgehead atoms. The normalized spacial score (nSPS) is 15.7. The van der Waals surface area contributed by atoms with E-state index in [9.17, 15) is 14.4 Å². The zero-order chi connectivity index (χ0) is 18.7. The summed E-state index contributed by atoms with van der Waals surface area (Å²) in [6.07, 6.45) is 0.108. The van der Waals surface area contributed by atoms with Crippen molar-refractivity contribution in [3.05, 3.63) is 59.7 Å². The maximum absolute atomic E-state index is 12.5. The van der Waals surface area contributed by atoms with Crippen molar-refractivity contribution >= 4 is 35.2 Å². The Balaban J connectivity index is 1.64. The molecule has 0 fully saturated rings. The molecule has 0 unspecified atom stereocenters. The Morgan fingerprint density at radius 3 is 2.73 bits per heavy atom. The van der Waals surface area contributed by atoms with Crippen molar-refractivity contribution in [3.63, 3.8) is 0 Å². The molecule has 3 rings (SSSR count). The topological polar surface area (TPSA) is 92.5 Å². The largest absolute Gasteiger partial charge is 0.366 e. The van der Waals surface area contributed by atoms with Gasteiger partial charge in [0.1, 0.15) is 0 Å². The number of benzene rings is 2. The molecule has 0 saturated carbocycles. The highest BCUT2D eigenvalue weighted by Crippen LogP contribution is 2.36. The van der Waals surface area contributed by atoms with E-state index in [1.807, 2.05) is 30.3 Å². The number of para-hydroxylation sites is 1. The number of hydrogen-bond acceptors (Lipinski definition) is 4. The van der Waals surface area contributed by atoms with Crippen LogP contribution in [0.5, 0.6) is 0 Å². The third-order valence-corrected chi connectivity index (χ3v) is 5.40. The Labute approximate surface area is 155 Å². The molecule has 0 radical (unpaired) electrons. The lowest BCUT2D eigenvalue weighted by Gasteiger charge is -2.25. The Morgan fingerprint density at radius 1 is 1.19 bits per heavy atom. The fourth-order valence-corrected chi connectivity index (χ4v) is 3.83. The number of nitrogens with two attached hydrogens (primary N) is 1. The maximum Gasteiger partial charge on any atom is 0.248 e. The summed E-state index contributed by atoms with van der Waals surface area (Å²) in [7, 11) is 1.68. The third kappa shape index (κ3) is 4.05. The minimum absolute atomic E-state index is 0.108. The number of carbonyl (C=O) groups excluding carboxylic acids is 3. The van der Waals surface area contributed by atoms with E-state index in [-0.39, 0.29) is 18.2 Å². The van der Waals surface area contributed by atoms with Gasteiger partial charge < -0.3 is 16.0 Å². The predicted octanol–water partition coefficient (Wildman–Crippen LogP) is 2.25. The number of amides is 3. The number of nitrogens with one attached hydrogen (secondary N) is 1. The molecular formula is C19H19N3O3S. The van der Waals surface area contributed by atoms with E-state index < -0.39 is 11.2 Å². The number of carbonyl (C=O) groups is 3. The van der Waals surface area contributed by atoms with Gasteiger partial charge in [-0.2, -0.15) is 0 Å². The van der Waals surface area contributed by atoms with E-state index in [1.165, 1.54) is 11.8 Å². The van der Waals surface area contributed by atoms with Crippen LogP contribution >= 0.6 is 11.8 Å². The highest BCUT2D eigenvalue weighted by Gasteiger charge is 2.29. The molecule has 0 aromatic heterocycles. The van der Waals surface area contributed by atoms with Gasteiger partial charge in [-0.25, -0.2) is 0 Å². The number of fused-ring (bicyclic) bond motifs is 1. The zero-order valence-corrected chi connectivity index (χ0v) is 15.1. The molecule has 2 aromatic carbocycles. The summed E-state index contributed by atoms with van der Waals surface area (Å²) < 4.78 is 0. The highest BCUT2D eigenvalue weighted by molar-refractivity contribution is 8.01. The number of thioether (sulfide) groups is 1. The summed E-state index contributed by atoms with van der Waals surface area (Å²) >= 11 is 1.40. The number of nitrogens with zero attached hydrogens (tertiary/aromatic N) is 1. The van der Waals surface area contributed by atoms with Crippen LogP contribution in [0.3, 0.4) is 0 Å². The van der Waals surface area contributed by atoms with E-state index in [1.54, 1.807) is 30.1 Å². The van der Waals surface area contributed by atoms with Crippen LogP contribution in [0, 0.1) is 0 Å². The second-order valence-corrected chi connectivity index (χ2v) is 7.36. The fourth-order valence-electron chi connectivity index (χ4n) is 2.73. The van der Waals surface area contributed by atoms with Crippen molar-refractivity contribution in [3.8, 4) is 0 Å². The molecule has 3 N–H and O–H groups in total. The lowest BCUT2D eigenvalue weighted by molar-refractivity contribution is -0.131. The molecular weight excluding hydrogens is 350 g/mol. The van der Waals surface area contributed by atoms with E-state index in [0.717, 1.165) is 16.1 Å². The second-order valence-electron chi connectivity index (χ2n) is 6.11. The number of rotatable bonds is 5. The van der Waals surface area contributed by atoms with Gasteiger partial charge in [0.15, 0.2) is 0 Å². The average Bonchev–Trinajstić information content (AvgIpc) is 2.62. The maximum atomic E-state index is 12.5. The van der Waals surface area contributed by atoms with Crippen molar-refractivity contribution < 1.29 is 14.4 Å². The van der Waals surface area contributed by atoms with Crippen molar-refractivity contribution in [2.24, 2.45) is 5.73 Å². The average molecular weight is 369 g/mol. The predicted molar refractivity (Wildman–Crippen MR) is 101 cm³/mol. The molecule has 2 aromatic rings. The van der Waals surface area contributed by atoms with Gasteiger partial charge in [-0.1, -0.05) is 24.3 Å². The quantitative estimate of drug-likeness (QED) is 0.845. The van der Waals surface area contributed by atoms with E-state index in [4.69, 9.17) is 5.73 Å². The van der Waals surface area contributed by atoms with Gasteiger partial charge in [0.25, 0.3) is 0 Å². The van der Waals surface area contributed by atoms with E-state index >= 15 is 0 Å². The first-order chi connectivity index (χ1) is 12.4. The van der Waals surface area contributed by atoms with Gasteiger partial charge in [0.05, 0.1) is 10.9 Å². The van der Waals surface area contributed by atoms with Gasteiger partial charge >= 0.3 is 0 Å². The van der Waals surface area contributed by atoms with Gasteiger partial charge in [-0.15, -0.1) is 11.8 Å². The smallest absolute Gasteiger partial charge is 0.248 e. The third-order valence-electron chi connectivity index (χ3n) is 4.12. The SMILES string of the molecule is CN(Cc1cccc(C(N)=O)c1)C(=O)C[C@H]1Sc2ccccc2NC1=O. The molecule has 26 heavy (non-hydrogen) atoms. The van der Waals surface area contributed by atoms with Crippen LogP contribution in [0.1, 0.15) is 22.3 Å². The van der Waals surface area contributed by atoms with E-state index in [0.29, 0.717) is 12.1 Å². The molecule has 3 amide bonds. The van der Waals surface area contributed by atoms with Crippen molar-refractivity contribution in [2.45, 2.75) is 23.1 Å². The highest BCUT2D eigenvalue weighted by atomic mass is 32.2.